The number of carbonyl (C=O) groups excluding carboxylic acids is 1. The van der Waals surface area contributed by atoms with Gasteiger partial charge in [-0.25, -0.2) is 0 Å². The quantitative estimate of drug-likeness (QED) is 0.834. The minimum Gasteiger partial charge on any atom is -0.336 e. The normalized spacial score (nSPS) is 24.3. The average Bonchev–Trinajstić information content (AvgIpc) is 3.02. The molecule has 3 heterocycles. The zero-order valence-corrected chi connectivity index (χ0v) is 13.2. The number of likely N-dealkylation sites (tertiary alicyclic amines) is 2. The van der Waals surface area contributed by atoms with Crippen molar-refractivity contribution in [2.75, 3.05) is 26.2 Å². The highest BCUT2D eigenvalue weighted by molar-refractivity contribution is 5.92. The Hall–Kier alpha value is -1.36. The molecule has 5 heteroatoms. The highest BCUT2D eigenvalue weighted by Crippen LogP contribution is 2.21. The molecule has 1 atom stereocenters. The smallest absolute Gasteiger partial charge is 0.272 e. The largest absolute Gasteiger partial charge is 0.336 e. The van der Waals surface area contributed by atoms with E-state index >= 15 is 0 Å². The number of aryl methyl sites for hydroxylation is 2. The fraction of sp³-hybridized carbons (Fsp3) is 0.750. The highest BCUT2D eigenvalue weighted by Gasteiger charge is 2.29. The Kier molecular flexibility index (Phi) is 4.29. The molecule has 2 fully saturated rings. The Morgan fingerprint density at radius 2 is 1.90 bits per heavy atom. The van der Waals surface area contributed by atoms with Gasteiger partial charge in [0, 0.05) is 26.2 Å². The summed E-state index contributed by atoms with van der Waals surface area (Å²) in [4.78, 5) is 17.4. The van der Waals surface area contributed by atoms with Crippen molar-refractivity contribution in [1.29, 1.82) is 0 Å². The molecule has 3 rings (SSSR count). The van der Waals surface area contributed by atoms with E-state index in [1.54, 1.807) is 4.68 Å². The van der Waals surface area contributed by atoms with Crippen LogP contribution in [-0.4, -0.2) is 57.7 Å². The summed E-state index contributed by atoms with van der Waals surface area (Å²) in [5, 5.41) is 4.31. The number of hydrogen-bond acceptors (Lipinski definition) is 3. The molecule has 0 aromatic carbocycles. The van der Waals surface area contributed by atoms with Gasteiger partial charge in [-0.2, -0.15) is 5.10 Å². The van der Waals surface area contributed by atoms with Gasteiger partial charge in [0.2, 0.25) is 0 Å². The second-order valence-electron chi connectivity index (χ2n) is 6.44. The number of rotatable bonds is 2. The van der Waals surface area contributed by atoms with Crippen LogP contribution in [0, 0.1) is 6.92 Å². The third-order valence-electron chi connectivity index (χ3n) is 4.81. The Labute approximate surface area is 126 Å². The molecule has 2 saturated heterocycles. The van der Waals surface area contributed by atoms with Crippen molar-refractivity contribution >= 4 is 5.91 Å². The second-order valence-corrected chi connectivity index (χ2v) is 6.44. The summed E-state index contributed by atoms with van der Waals surface area (Å²) in [6, 6.07) is 2.45. The van der Waals surface area contributed by atoms with E-state index in [-0.39, 0.29) is 5.91 Å². The SMILES string of the molecule is Cc1cc(C(=O)N2CCCCC(N3CCCC3)C2)n(C)n1. The third-order valence-corrected chi connectivity index (χ3v) is 4.81. The van der Waals surface area contributed by atoms with Crippen molar-refractivity contribution in [2.45, 2.75) is 45.1 Å². The number of hydrogen-bond donors (Lipinski definition) is 0. The van der Waals surface area contributed by atoms with Gasteiger partial charge < -0.3 is 4.90 Å². The van der Waals surface area contributed by atoms with Gasteiger partial charge >= 0.3 is 0 Å². The van der Waals surface area contributed by atoms with Crippen LogP contribution in [-0.2, 0) is 7.05 Å². The first kappa shape index (κ1) is 14.6. The van der Waals surface area contributed by atoms with Crippen LogP contribution in [0.1, 0.15) is 48.3 Å². The molecule has 0 radical (unpaired) electrons. The topological polar surface area (TPSA) is 41.4 Å². The summed E-state index contributed by atoms with van der Waals surface area (Å²) in [7, 11) is 1.86. The van der Waals surface area contributed by atoms with E-state index in [0.29, 0.717) is 6.04 Å². The Bertz CT molecular complexity index is 504. The number of nitrogens with zero attached hydrogens (tertiary/aromatic N) is 4. The lowest BCUT2D eigenvalue weighted by Crippen LogP contribution is -2.44. The summed E-state index contributed by atoms with van der Waals surface area (Å²) >= 11 is 0. The predicted octanol–water partition coefficient (Wildman–Crippen LogP) is 1.82. The molecule has 2 aliphatic rings. The van der Waals surface area contributed by atoms with Crippen LogP contribution in [0.15, 0.2) is 6.07 Å². The van der Waals surface area contributed by atoms with Gasteiger partial charge in [-0.15, -0.1) is 0 Å². The summed E-state index contributed by atoms with van der Waals surface area (Å²) in [6.45, 7) is 6.11. The van der Waals surface area contributed by atoms with Gasteiger partial charge in [-0.05, 0) is 51.8 Å². The first-order valence-electron chi connectivity index (χ1n) is 8.19. The van der Waals surface area contributed by atoms with Gasteiger partial charge in [-0.1, -0.05) is 6.42 Å². The molecule has 1 aromatic heterocycles. The molecule has 1 aromatic rings. The molecular formula is C16H26N4O. The molecule has 21 heavy (non-hydrogen) atoms. The second kappa shape index (κ2) is 6.18. The first-order valence-corrected chi connectivity index (χ1v) is 8.19. The Morgan fingerprint density at radius 1 is 1.19 bits per heavy atom. The molecule has 0 spiro atoms. The van der Waals surface area contributed by atoms with E-state index < -0.39 is 0 Å². The van der Waals surface area contributed by atoms with Crippen LogP contribution in [0.2, 0.25) is 0 Å². The zero-order valence-electron chi connectivity index (χ0n) is 13.2. The van der Waals surface area contributed by atoms with Gasteiger partial charge in [-0.3, -0.25) is 14.4 Å². The van der Waals surface area contributed by atoms with E-state index in [1.165, 1.54) is 38.8 Å². The maximum Gasteiger partial charge on any atom is 0.272 e. The van der Waals surface area contributed by atoms with E-state index in [1.807, 2.05) is 24.9 Å². The van der Waals surface area contributed by atoms with Crippen LogP contribution < -0.4 is 0 Å². The standard InChI is InChI=1S/C16H26N4O/c1-13-11-15(18(2)17-13)16(21)20-10-4-3-7-14(12-20)19-8-5-6-9-19/h11,14H,3-10,12H2,1-2H3. The lowest BCUT2D eigenvalue weighted by Gasteiger charge is -2.30. The number of carbonyl (C=O) groups is 1. The highest BCUT2D eigenvalue weighted by atomic mass is 16.2. The Balaban J connectivity index is 1.73. The molecule has 1 unspecified atom stereocenters. The molecule has 0 N–H and O–H groups in total. The van der Waals surface area contributed by atoms with E-state index in [4.69, 9.17) is 0 Å². The summed E-state index contributed by atoms with van der Waals surface area (Å²) in [5.41, 5.74) is 1.63. The molecular weight excluding hydrogens is 264 g/mol. The minimum absolute atomic E-state index is 0.143. The summed E-state index contributed by atoms with van der Waals surface area (Å²) in [5.74, 6) is 0.143. The van der Waals surface area contributed by atoms with Crippen LogP contribution in [0.3, 0.4) is 0 Å². The molecule has 5 nitrogen and oxygen atoms in total. The van der Waals surface area contributed by atoms with Crippen LogP contribution in [0.25, 0.3) is 0 Å². The third kappa shape index (κ3) is 3.12. The Morgan fingerprint density at radius 3 is 2.57 bits per heavy atom. The minimum atomic E-state index is 0.143. The molecule has 116 valence electrons. The zero-order chi connectivity index (χ0) is 14.8. The molecule has 0 bridgehead atoms. The van der Waals surface area contributed by atoms with Crippen LogP contribution >= 0.6 is 0 Å². The predicted molar refractivity (Wildman–Crippen MR) is 82.3 cm³/mol. The van der Waals surface area contributed by atoms with Crippen LogP contribution in [0.5, 0.6) is 0 Å². The lowest BCUT2D eigenvalue weighted by molar-refractivity contribution is 0.0703. The van der Waals surface area contributed by atoms with Crippen molar-refractivity contribution < 1.29 is 4.79 Å². The molecule has 0 saturated carbocycles. The van der Waals surface area contributed by atoms with Crippen molar-refractivity contribution in [3.05, 3.63) is 17.5 Å². The van der Waals surface area contributed by atoms with Gasteiger partial charge in [0.25, 0.3) is 5.91 Å². The first-order chi connectivity index (χ1) is 10.1. The molecule has 0 aliphatic carbocycles. The monoisotopic (exact) mass is 290 g/mol. The fourth-order valence-electron chi connectivity index (χ4n) is 3.68. The molecule has 2 aliphatic heterocycles. The van der Waals surface area contributed by atoms with Crippen LogP contribution in [0.4, 0.5) is 0 Å². The van der Waals surface area contributed by atoms with Gasteiger partial charge in [0.05, 0.1) is 5.69 Å². The average molecular weight is 290 g/mol. The fourth-order valence-corrected chi connectivity index (χ4v) is 3.68. The molecule has 1 amide bonds. The van der Waals surface area contributed by atoms with Crippen molar-refractivity contribution in [1.82, 2.24) is 19.6 Å². The maximum absolute atomic E-state index is 12.8. The maximum atomic E-state index is 12.8. The lowest BCUT2D eigenvalue weighted by atomic mass is 10.1. The van der Waals surface area contributed by atoms with Gasteiger partial charge in [0.15, 0.2) is 0 Å². The van der Waals surface area contributed by atoms with E-state index in [9.17, 15) is 4.79 Å². The number of amides is 1. The van der Waals surface area contributed by atoms with Crippen molar-refractivity contribution in [3.63, 3.8) is 0 Å². The van der Waals surface area contributed by atoms with Crippen molar-refractivity contribution in [3.8, 4) is 0 Å². The number of aromatic nitrogens is 2. The van der Waals surface area contributed by atoms with E-state index in [2.05, 4.69) is 10.00 Å². The summed E-state index contributed by atoms with van der Waals surface area (Å²) < 4.78 is 1.72. The summed E-state index contributed by atoms with van der Waals surface area (Å²) in [6.07, 6.45) is 6.20. The van der Waals surface area contributed by atoms with Gasteiger partial charge in [0.1, 0.15) is 5.69 Å². The van der Waals surface area contributed by atoms with Crippen molar-refractivity contribution in [2.24, 2.45) is 7.05 Å². The van der Waals surface area contributed by atoms with E-state index in [0.717, 1.165) is 30.9 Å².